The van der Waals surface area contributed by atoms with Crippen LogP contribution in [0.15, 0.2) is 42.6 Å². The summed E-state index contributed by atoms with van der Waals surface area (Å²) in [7, 11) is -2.43. The van der Waals surface area contributed by atoms with E-state index in [-0.39, 0.29) is 31.2 Å². The summed E-state index contributed by atoms with van der Waals surface area (Å²) in [5.74, 6) is -2.44. The van der Waals surface area contributed by atoms with Gasteiger partial charge < -0.3 is 29.7 Å². The maximum Gasteiger partial charge on any atom is 0.408 e. The van der Waals surface area contributed by atoms with Gasteiger partial charge >= 0.3 is 6.09 Å². The van der Waals surface area contributed by atoms with Crippen LogP contribution in [-0.2, 0) is 29.1 Å². The van der Waals surface area contributed by atoms with E-state index in [2.05, 4.69) is 20.3 Å². The van der Waals surface area contributed by atoms with Gasteiger partial charge in [-0.1, -0.05) is 50.6 Å². The fourth-order valence-corrected chi connectivity index (χ4v) is 9.08. The molecule has 306 valence electrons. The molecule has 1 unspecified atom stereocenters. The Balaban J connectivity index is 1.36. The van der Waals surface area contributed by atoms with E-state index in [1.807, 2.05) is 38.1 Å². The van der Waals surface area contributed by atoms with Gasteiger partial charge in [0.1, 0.15) is 29.5 Å². The molecular formula is C39H51F2N5O9S. The molecular weight excluding hydrogens is 753 g/mol. The number of carbonyl (C=O) groups is 4. The Morgan fingerprint density at radius 2 is 1.84 bits per heavy atom. The molecule has 0 spiro atoms. The van der Waals surface area contributed by atoms with Gasteiger partial charge in [0.05, 0.1) is 25.1 Å². The topological polar surface area (TPSA) is 182 Å². The maximum atomic E-state index is 14.9. The fourth-order valence-electron chi connectivity index (χ4n) is 7.71. The fraction of sp³-hybridized carbons (Fsp3) is 0.615. The highest BCUT2D eigenvalue weighted by Gasteiger charge is 2.62. The molecule has 3 heterocycles. The molecule has 1 saturated heterocycles. The van der Waals surface area contributed by atoms with Gasteiger partial charge in [-0.2, -0.15) is 0 Å². The first-order valence-electron chi connectivity index (χ1n) is 19.2. The number of sulfonamides is 1. The van der Waals surface area contributed by atoms with Gasteiger partial charge in [-0.25, -0.2) is 27.0 Å². The summed E-state index contributed by atoms with van der Waals surface area (Å²) in [5, 5.41) is 6.08. The first-order valence-corrected chi connectivity index (χ1v) is 20.8. The number of fused-ring (bicyclic) bond motifs is 3. The van der Waals surface area contributed by atoms with E-state index < -0.39 is 86.7 Å². The van der Waals surface area contributed by atoms with Gasteiger partial charge in [-0.05, 0) is 70.3 Å². The van der Waals surface area contributed by atoms with Crippen molar-refractivity contribution in [3.63, 3.8) is 0 Å². The van der Waals surface area contributed by atoms with E-state index in [0.29, 0.717) is 49.7 Å². The summed E-state index contributed by atoms with van der Waals surface area (Å²) < 4.78 is 72.4. The lowest BCUT2D eigenvalue weighted by Gasteiger charge is -2.34. The average Bonchev–Trinajstić information content (AvgIpc) is 4.08. The van der Waals surface area contributed by atoms with E-state index in [1.54, 1.807) is 12.1 Å². The maximum absolute atomic E-state index is 14.9. The lowest BCUT2D eigenvalue weighted by molar-refractivity contribution is -0.142. The van der Waals surface area contributed by atoms with Crippen LogP contribution in [0, 0.1) is 17.8 Å². The first-order chi connectivity index (χ1) is 26.5. The van der Waals surface area contributed by atoms with Crippen molar-refractivity contribution in [3.8, 4) is 11.6 Å². The van der Waals surface area contributed by atoms with Crippen LogP contribution in [0.4, 0.5) is 13.6 Å². The highest BCUT2D eigenvalue weighted by atomic mass is 32.2. The van der Waals surface area contributed by atoms with E-state index in [0.717, 1.165) is 19.2 Å². The molecule has 1 aromatic carbocycles. The summed E-state index contributed by atoms with van der Waals surface area (Å²) in [6, 6.07) is 4.74. The third-order valence-electron chi connectivity index (χ3n) is 11.3. The lowest BCUT2D eigenvalue weighted by atomic mass is 9.85. The predicted octanol–water partition coefficient (Wildman–Crippen LogP) is 4.62. The van der Waals surface area contributed by atoms with Crippen LogP contribution in [0.3, 0.4) is 0 Å². The number of rotatable bonds is 10. The third kappa shape index (κ3) is 8.71. The SMILES string of the molecule is CC[C@@H]1C[C@H](C)CC/C=C\[C@@H]2C[C@@]2(C(=O)NS(=O)(=O)C2CC2)NC(=O)[C@@H]2C[C@@H](Oc3ncc(OC)c4ccccc34)CN2C(=O)C1NC(=O)OC(C)(C)C(F)F. The molecule has 4 amide bonds. The van der Waals surface area contributed by atoms with Crippen molar-refractivity contribution in [1.29, 1.82) is 0 Å². The Morgan fingerprint density at radius 1 is 1.12 bits per heavy atom. The monoisotopic (exact) mass is 803 g/mol. The number of nitrogens with zero attached hydrogens (tertiary/aromatic N) is 2. The number of hydrogen-bond donors (Lipinski definition) is 3. The highest BCUT2D eigenvalue weighted by Crippen LogP contribution is 2.46. The molecule has 17 heteroatoms. The minimum Gasteiger partial charge on any atom is -0.494 e. The minimum absolute atomic E-state index is 0.0379. The third-order valence-corrected chi connectivity index (χ3v) is 13.2. The molecule has 2 aliphatic heterocycles. The van der Waals surface area contributed by atoms with Gasteiger partial charge in [0.15, 0.2) is 5.60 Å². The zero-order chi connectivity index (χ0) is 40.6. The average molecular weight is 804 g/mol. The van der Waals surface area contributed by atoms with Crippen molar-refractivity contribution in [2.24, 2.45) is 17.8 Å². The standard InChI is InChI=1S/C39H51F2N5O9S/c1-6-23-17-22(2)11-7-8-12-24-19-39(24,36(49)45-56(51,52)26-15-16-26)44-32(47)29-18-25(54-33-28-14-10-9-13-27(28)30(53-5)20-42-33)21-46(29)34(48)31(23)43-37(50)55-38(3,4)35(40)41/h8-10,12-14,20,22-26,29,31,35H,6-7,11,15-19,21H2,1-5H3,(H,43,50)(H,44,47)(H,45,49)/b12-8-/t22-,23-,24-,25-,29+,31?,39-/m1/s1. The van der Waals surface area contributed by atoms with Crippen molar-refractivity contribution >= 4 is 44.6 Å². The number of pyridine rings is 1. The molecule has 3 N–H and O–H groups in total. The summed E-state index contributed by atoms with van der Waals surface area (Å²) in [5.41, 5.74) is -3.74. The Labute approximate surface area is 325 Å². The van der Waals surface area contributed by atoms with E-state index >= 15 is 0 Å². The Hall–Kier alpha value is -4.54. The van der Waals surface area contributed by atoms with Crippen molar-refractivity contribution in [3.05, 3.63) is 42.6 Å². The number of carbonyl (C=O) groups excluding carboxylic acids is 4. The number of alkyl carbamates (subject to hydrolysis) is 1. The quantitative estimate of drug-likeness (QED) is 0.287. The normalized spacial score (nSPS) is 29.2. The molecule has 56 heavy (non-hydrogen) atoms. The van der Waals surface area contributed by atoms with Crippen LogP contribution in [0.1, 0.15) is 79.1 Å². The zero-order valence-corrected chi connectivity index (χ0v) is 33.1. The second-order valence-corrected chi connectivity index (χ2v) is 18.0. The summed E-state index contributed by atoms with van der Waals surface area (Å²) in [6.45, 7) is 5.85. The number of allylic oxidation sites excluding steroid dienone is 1. The zero-order valence-electron chi connectivity index (χ0n) is 32.3. The summed E-state index contributed by atoms with van der Waals surface area (Å²) >= 11 is 0. The first kappa shape index (κ1) is 41.1. The molecule has 4 aliphatic rings. The van der Waals surface area contributed by atoms with Gasteiger partial charge in [-0.3, -0.25) is 19.1 Å². The van der Waals surface area contributed by atoms with Gasteiger partial charge in [0.25, 0.3) is 12.3 Å². The summed E-state index contributed by atoms with van der Waals surface area (Å²) in [6.07, 6.45) is 3.33. The molecule has 1 aromatic heterocycles. The van der Waals surface area contributed by atoms with Crippen LogP contribution in [0.5, 0.6) is 11.6 Å². The number of benzene rings is 1. The van der Waals surface area contributed by atoms with Gasteiger partial charge in [-0.15, -0.1) is 0 Å². The number of amides is 4. The number of hydrogen-bond acceptors (Lipinski definition) is 10. The predicted molar refractivity (Wildman–Crippen MR) is 201 cm³/mol. The second-order valence-electron chi connectivity index (χ2n) is 16.0. The van der Waals surface area contributed by atoms with E-state index in [1.165, 1.54) is 18.2 Å². The number of methoxy groups -OCH3 is 1. The van der Waals surface area contributed by atoms with Crippen molar-refractivity contribution in [1.82, 2.24) is 25.2 Å². The highest BCUT2D eigenvalue weighted by molar-refractivity contribution is 7.91. The molecule has 2 aromatic rings. The Kier molecular flexibility index (Phi) is 11.8. The molecule has 7 atom stereocenters. The molecule has 2 saturated carbocycles. The van der Waals surface area contributed by atoms with Crippen molar-refractivity contribution in [2.45, 2.75) is 120 Å². The molecule has 6 rings (SSSR count). The van der Waals surface area contributed by atoms with Crippen molar-refractivity contribution < 1.29 is 50.6 Å². The van der Waals surface area contributed by atoms with E-state index in [9.17, 15) is 36.4 Å². The van der Waals surface area contributed by atoms with Crippen LogP contribution in [-0.4, -0.2) is 96.8 Å². The largest absolute Gasteiger partial charge is 0.494 e. The molecule has 0 radical (unpaired) electrons. The minimum atomic E-state index is -3.95. The number of aromatic nitrogens is 1. The van der Waals surface area contributed by atoms with Crippen molar-refractivity contribution in [2.75, 3.05) is 13.7 Å². The van der Waals surface area contributed by atoms with E-state index in [4.69, 9.17) is 14.2 Å². The van der Waals surface area contributed by atoms with Gasteiger partial charge in [0, 0.05) is 23.1 Å². The molecule has 3 fully saturated rings. The van der Waals surface area contributed by atoms with Crippen LogP contribution in [0.25, 0.3) is 10.8 Å². The molecule has 14 nitrogen and oxygen atoms in total. The molecule has 0 bridgehead atoms. The lowest BCUT2D eigenvalue weighted by Crippen LogP contribution is -2.59. The smallest absolute Gasteiger partial charge is 0.408 e. The van der Waals surface area contributed by atoms with Crippen LogP contribution < -0.4 is 24.8 Å². The Bertz CT molecular complexity index is 1980. The van der Waals surface area contributed by atoms with Crippen LogP contribution >= 0.6 is 0 Å². The number of nitrogens with one attached hydrogen (secondary N) is 3. The summed E-state index contributed by atoms with van der Waals surface area (Å²) in [4.78, 5) is 62.1. The molecule has 2 aliphatic carbocycles. The Morgan fingerprint density at radius 3 is 2.50 bits per heavy atom. The second kappa shape index (κ2) is 16.1. The number of alkyl halides is 2. The van der Waals surface area contributed by atoms with Gasteiger partial charge in [0.2, 0.25) is 27.7 Å². The number of halogens is 2. The van der Waals surface area contributed by atoms with Crippen LogP contribution in [0.2, 0.25) is 0 Å². The number of ether oxygens (including phenoxy) is 3.